The topological polar surface area (TPSA) is 17.8 Å². The summed E-state index contributed by atoms with van der Waals surface area (Å²) in [5.41, 5.74) is 1.11. The lowest BCUT2D eigenvalue weighted by molar-refractivity contribution is 0.722. The van der Waals surface area contributed by atoms with Gasteiger partial charge in [-0.1, -0.05) is 12.2 Å². The fraction of sp³-hybridized carbons (Fsp3) is 0.333. The van der Waals surface area contributed by atoms with Crippen molar-refractivity contribution in [3.8, 4) is 0 Å². The summed E-state index contributed by atoms with van der Waals surface area (Å²) in [5, 5.41) is 3.99. The van der Waals surface area contributed by atoms with E-state index in [9.17, 15) is 0 Å². The quantitative estimate of drug-likeness (QED) is 0.508. The Morgan fingerprint density at radius 2 is 2.33 bits per heavy atom. The summed E-state index contributed by atoms with van der Waals surface area (Å²) in [4.78, 5) is 0. The predicted octanol–water partition coefficient (Wildman–Crippen LogP) is 1.46. The number of aromatic nitrogens is 2. The number of hydrogen-bond donors (Lipinski definition) is 0. The maximum Gasteiger partial charge on any atom is 0.122 e. The van der Waals surface area contributed by atoms with Gasteiger partial charge in [-0.15, -0.1) is 0 Å². The molecule has 0 atom stereocenters. The highest BCUT2D eigenvalue weighted by Crippen LogP contribution is 1.92. The average Bonchev–Trinajstić information content (AvgIpc) is 1.80. The fourth-order valence-electron chi connectivity index (χ4n) is 0.560. The van der Waals surface area contributed by atoms with Gasteiger partial charge in [0.05, 0.1) is 6.20 Å². The van der Waals surface area contributed by atoms with E-state index in [0.29, 0.717) is 0 Å². The highest BCUT2D eigenvalue weighted by Gasteiger charge is 1.84. The second-order valence-electron chi connectivity index (χ2n) is 1.99. The first-order valence-corrected chi connectivity index (χ1v) is 3.11. The lowest BCUT2D eigenvalue weighted by Gasteiger charge is -1.95. The van der Waals surface area contributed by atoms with Crippen LogP contribution in [-0.4, -0.2) is 9.78 Å². The molecule has 1 heterocycles. The molecule has 9 heavy (non-hydrogen) atoms. The Kier molecular flexibility index (Phi) is 1.62. The van der Waals surface area contributed by atoms with E-state index in [1.165, 1.54) is 0 Å². The van der Waals surface area contributed by atoms with Gasteiger partial charge in [0, 0.05) is 7.05 Å². The van der Waals surface area contributed by atoms with Gasteiger partial charge in [0.15, 0.2) is 0 Å². The van der Waals surface area contributed by atoms with Crippen LogP contribution in [0.1, 0.15) is 5.56 Å². The summed E-state index contributed by atoms with van der Waals surface area (Å²) >= 11 is 4.94. The van der Waals surface area contributed by atoms with E-state index in [0.717, 1.165) is 10.2 Å². The third-order valence-corrected chi connectivity index (χ3v) is 1.49. The number of rotatable bonds is 0. The van der Waals surface area contributed by atoms with Gasteiger partial charge in [0.1, 0.15) is 4.64 Å². The van der Waals surface area contributed by atoms with Crippen LogP contribution in [-0.2, 0) is 7.05 Å². The van der Waals surface area contributed by atoms with Crippen LogP contribution in [0.5, 0.6) is 0 Å². The molecule has 0 saturated heterocycles. The zero-order valence-electron chi connectivity index (χ0n) is 5.46. The molecule has 0 saturated carbocycles. The molecule has 0 bridgehead atoms. The Morgan fingerprint density at radius 3 is 2.78 bits per heavy atom. The number of hydrogen-bond acceptors (Lipinski definition) is 2. The smallest absolute Gasteiger partial charge is 0.122 e. The summed E-state index contributed by atoms with van der Waals surface area (Å²) in [6.45, 7) is 1.98. The third-order valence-electron chi connectivity index (χ3n) is 1.10. The molecule has 0 amide bonds. The van der Waals surface area contributed by atoms with Crippen LogP contribution in [0, 0.1) is 11.6 Å². The van der Waals surface area contributed by atoms with Gasteiger partial charge in [0.25, 0.3) is 0 Å². The molecule has 0 N–H and O–H groups in total. The molecule has 0 fully saturated rings. The maximum atomic E-state index is 4.94. The van der Waals surface area contributed by atoms with Crippen LogP contribution in [0.15, 0.2) is 12.3 Å². The molecule has 0 spiro atoms. The summed E-state index contributed by atoms with van der Waals surface area (Å²) in [6.07, 6.45) is 1.79. The summed E-state index contributed by atoms with van der Waals surface area (Å²) in [5.74, 6) is 0. The molecular weight excluding hydrogens is 132 g/mol. The lowest BCUT2D eigenvalue weighted by atomic mass is 10.4. The molecule has 1 aromatic rings. The first kappa shape index (κ1) is 6.42. The molecule has 1 rings (SSSR count). The highest BCUT2D eigenvalue weighted by molar-refractivity contribution is 7.71. The predicted molar refractivity (Wildman–Crippen MR) is 38.8 cm³/mol. The van der Waals surface area contributed by atoms with Gasteiger partial charge in [-0.3, -0.25) is 4.68 Å². The summed E-state index contributed by atoms with van der Waals surface area (Å²) in [6, 6.07) is 1.92. The Balaban J connectivity index is 3.34. The first-order chi connectivity index (χ1) is 4.20. The van der Waals surface area contributed by atoms with E-state index >= 15 is 0 Å². The highest BCUT2D eigenvalue weighted by atomic mass is 32.1. The molecule has 0 aromatic carbocycles. The van der Waals surface area contributed by atoms with E-state index < -0.39 is 0 Å². The zero-order valence-corrected chi connectivity index (χ0v) is 6.27. The first-order valence-electron chi connectivity index (χ1n) is 2.70. The molecule has 0 radical (unpaired) electrons. The standard InChI is InChI=1S/C6H8N2S/c1-5-3-6(9)8(2)7-4-5/h3-4H,1-2H3. The number of aryl methyl sites for hydroxylation is 2. The van der Waals surface area contributed by atoms with Crippen molar-refractivity contribution in [2.24, 2.45) is 7.05 Å². The average molecular weight is 140 g/mol. The van der Waals surface area contributed by atoms with E-state index in [2.05, 4.69) is 5.10 Å². The molecule has 0 aliphatic rings. The van der Waals surface area contributed by atoms with Gasteiger partial charge in [-0.2, -0.15) is 5.10 Å². The van der Waals surface area contributed by atoms with Crippen LogP contribution in [0.25, 0.3) is 0 Å². The second kappa shape index (κ2) is 2.27. The Bertz CT molecular complexity index is 264. The van der Waals surface area contributed by atoms with E-state index in [4.69, 9.17) is 12.2 Å². The fourth-order valence-corrected chi connectivity index (χ4v) is 0.793. The minimum Gasteiger partial charge on any atom is -0.258 e. The Morgan fingerprint density at radius 1 is 1.67 bits per heavy atom. The van der Waals surface area contributed by atoms with Crippen molar-refractivity contribution in [2.75, 3.05) is 0 Å². The third kappa shape index (κ3) is 1.36. The molecule has 48 valence electrons. The zero-order chi connectivity index (χ0) is 6.85. The minimum atomic E-state index is 0.773. The normalized spacial score (nSPS) is 9.56. The van der Waals surface area contributed by atoms with E-state index in [1.807, 2.05) is 20.0 Å². The SMILES string of the molecule is Cc1cnn(C)c(=S)c1. The molecule has 0 aliphatic heterocycles. The van der Waals surface area contributed by atoms with Crippen LogP contribution < -0.4 is 0 Å². The van der Waals surface area contributed by atoms with Gasteiger partial charge < -0.3 is 0 Å². The molecular formula is C6H8N2S. The van der Waals surface area contributed by atoms with Crippen LogP contribution in [0.3, 0.4) is 0 Å². The largest absolute Gasteiger partial charge is 0.258 e. The van der Waals surface area contributed by atoms with Crippen molar-refractivity contribution >= 4 is 12.2 Å². The second-order valence-corrected chi connectivity index (χ2v) is 2.41. The molecule has 2 nitrogen and oxygen atoms in total. The van der Waals surface area contributed by atoms with Gasteiger partial charge >= 0.3 is 0 Å². The molecule has 3 heteroatoms. The molecule has 1 aromatic heterocycles. The van der Waals surface area contributed by atoms with Gasteiger partial charge in [-0.05, 0) is 18.6 Å². The van der Waals surface area contributed by atoms with Crippen LogP contribution >= 0.6 is 12.2 Å². The van der Waals surface area contributed by atoms with Crippen molar-refractivity contribution in [1.82, 2.24) is 9.78 Å². The monoisotopic (exact) mass is 140 g/mol. The number of nitrogens with zero attached hydrogens (tertiary/aromatic N) is 2. The Labute approximate surface area is 59.1 Å². The van der Waals surface area contributed by atoms with E-state index in [1.54, 1.807) is 10.9 Å². The van der Waals surface area contributed by atoms with Crippen molar-refractivity contribution in [3.63, 3.8) is 0 Å². The molecule has 0 aliphatic carbocycles. The maximum absolute atomic E-state index is 4.94. The summed E-state index contributed by atoms with van der Waals surface area (Å²) in [7, 11) is 1.84. The van der Waals surface area contributed by atoms with Crippen molar-refractivity contribution < 1.29 is 0 Å². The van der Waals surface area contributed by atoms with Crippen LogP contribution in [0.4, 0.5) is 0 Å². The lowest BCUT2D eigenvalue weighted by Crippen LogP contribution is -1.96. The van der Waals surface area contributed by atoms with Gasteiger partial charge in [-0.25, -0.2) is 0 Å². The Hall–Kier alpha value is -0.700. The minimum absolute atomic E-state index is 0.773. The summed E-state index contributed by atoms with van der Waals surface area (Å²) < 4.78 is 2.44. The molecule has 0 unspecified atom stereocenters. The van der Waals surface area contributed by atoms with Crippen molar-refractivity contribution in [3.05, 3.63) is 22.5 Å². The van der Waals surface area contributed by atoms with Crippen molar-refractivity contribution in [2.45, 2.75) is 6.92 Å². The van der Waals surface area contributed by atoms with E-state index in [-0.39, 0.29) is 0 Å². The van der Waals surface area contributed by atoms with Crippen molar-refractivity contribution in [1.29, 1.82) is 0 Å². The van der Waals surface area contributed by atoms with Crippen LogP contribution in [0.2, 0.25) is 0 Å². The van der Waals surface area contributed by atoms with Gasteiger partial charge in [0.2, 0.25) is 0 Å².